The number of halogens is 1. The maximum Gasteiger partial charge on any atom is 0.322 e. The number of urea groups is 1. The molecule has 10 heteroatoms. The van der Waals surface area contributed by atoms with Crippen LogP contribution in [-0.4, -0.2) is 43.0 Å². The second-order valence-electron chi connectivity index (χ2n) is 7.59. The summed E-state index contributed by atoms with van der Waals surface area (Å²) in [7, 11) is -3.28. The largest absolute Gasteiger partial charge is 0.454 e. The van der Waals surface area contributed by atoms with Crippen LogP contribution in [0.25, 0.3) is 0 Å². The van der Waals surface area contributed by atoms with E-state index in [-0.39, 0.29) is 24.7 Å². The average Bonchev–Trinajstić information content (AvgIpc) is 3.11. The molecule has 1 saturated heterocycles. The predicted octanol–water partition coefficient (Wildman–Crippen LogP) is 3.78. The van der Waals surface area contributed by atoms with Gasteiger partial charge in [0.15, 0.2) is 5.75 Å². The summed E-state index contributed by atoms with van der Waals surface area (Å²) in [4.78, 5) is 22.4. The molecule has 166 valence electrons. The summed E-state index contributed by atoms with van der Waals surface area (Å²) < 4.78 is 30.0. The first-order chi connectivity index (χ1) is 15.3. The zero-order chi connectivity index (χ0) is 22.8. The van der Waals surface area contributed by atoms with Gasteiger partial charge in [0, 0.05) is 23.5 Å². The van der Waals surface area contributed by atoms with Crippen molar-refractivity contribution in [3.63, 3.8) is 0 Å². The summed E-state index contributed by atoms with van der Waals surface area (Å²) in [6.45, 7) is 0.238. The van der Waals surface area contributed by atoms with Gasteiger partial charge in [-0.3, -0.25) is 4.90 Å². The Bertz CT molecular complexity index is 1220. The molecule has 4 rings (SSSR count). The van der Waals surface area contributed by atoms with E-state index in [4.69, 9.17) is 16.3 Å². The molecule has 32 heavy (non-hydrogen) atoms. The first-order valence-corrected chi connectivity index (χ1v) is 12.3. The molecule has 8 nitrogen and oxygen atoms in total. The van der Waals surface area contributed by atoms with E-state index in [2.05, 4.69) is 15.3 Å². The summed E-state index contributed by atoms with van der Waals surface area (Å²) >= 11 is 6.04. The highest BCUT2D eigenvalue weighted by Gasteiger charge is 2.48. The van der Waals surface area contributed by atoms with Crippen molar-refractivity contribution in [3.05, 3.63) is 77.8 Å². The zero-order valence-electron chi connectivity index (χ0n) is 17.2. The van der Waals surface area contributed by atoms with Crippen molar-refractivity contribution in [1.29, 1.82) is 0 Å². The van der Waals surface area contributed by atoms with E-state index in [0.29, 0.717) is 22.2 Å². The average molecular weight is 473 g/mol. The number of benzene rings is 2. The first-order valence-electron chi connectivity index (χ1n) is 9.82. The molecule has 0 bridgehead atoms. The van der Waals surface area contributed by atoms with Gasteiger partial charge in [-0.15, -0.1) is 0 Å². The van der Waals surface area contributed by atoms with E-state index in [1.165, 1.54) is 12.6 Å². The molecule has 0 radical (unpaired) electrons. The van der Waals surface area contributed by atoms with Gasteiger partial charge in [-0.1, -0.05) is 23.7 Å². The summed E-state index contributed by atoms with van der Waals surface area (Å²) in [5.41, 5.74) is 0.407. The Morgan fingerprint density at radius 2 is 1.84 bits per heavy atom. The molecule has 1 N–H and O–H groups in total. The minimum absolute atomic E-state index is 0.0936. The zero-order valence-corrected chi connectivity index (χ0v) is 18.8. The first kappa shape index (κ1) is 22.0. The van der Waals surface area contributed by atoms with E-state index in [0.717, 1.165) is 5.56 Å². The van der Waals surface area contributed by atoms with Gasteiger partial charge in [-0.05, 0) is 48.4 Å². The number of nitrogens with one attached hydrogen (secondary N) is 1. The SMILES string of the molecule is CS(=O)(=O)CCC1(c2cccc(Oc3cncnc3)c2)CNC(=O)N1c1ccc(Cl)cc1. The van der Waals surface area contributed by atoms with Gasteiger partial charge in [0.1, 0.15) is 21.9 Å². The lowest BCUT2D eigenvalue weighted by molar-refractivity contribution is 0.250. The standard InChI is InChI=1S/C22H21ClN4O4S/c1-32(29,30)10-9-22(14-26-21(28)27(22)18-7-5-17(23)6-8-18)16-3-2-4-19(11-16)31-20-12-24-15-25-13-20/h2-8,11-13,15H,9-10,14H2,1H3,(H,26,28). The fourth-order valence-corrected chi connectivity index (χ4v) is 4.62. The van der Waals surface area contributed by atoms with Crippen molar-refractivity contribution in [3.8, 4) is 11.5 Å². The Labute approximate surface area is 191 Å². The van der Waals surface area contributed by atoms with Crippen LogP contribution in [0.3, 0.4) is 0 Å². The molecule has 1 unspecified atom stereocenters. The summed E-state index contributed by atoms with van der Waals surface area (Å²) in [6.07, 6.45) is 5.88. The monoisotopic (exact) mass is 472 g/mol. The maximum atomic E-state index is 12.9. The van der Waals surface area contributed by atoms with Gasteiger partial charge in [-0.2, -0.15) is 0 Å². The van der Waals surface area contributed by atoms with E-state index < -0.39 is 15.4 Å². The van der Waals surface area contributed by atoms with Crippen LogP contribution in [0.2, 0.25) is 5.02 Å². The van der Waals surface area contributed by atoms with Gasteiger partial charge < -0.3 is 10.1 Å². The Hall–Kier alpha value is -3.17. The quantitative estimate of drug-likeness (QED) is 0.561. The minimum atomic E-state index is -3.28. The van der Waals surface area contributed by atoms with Gasteiger partial charge in [-0.25, -0.2) is 23.2 Å². The Morgan fingerprint density at radius 1 is 1.12 bits per heavy atom. The van der Waals surface area contributed by atoms with Crippen molar-refractivity contribution in [2.75, 3.05) is 23.5 Å². The third kappa shape index (κ3) is 4.68. The lowest BCUT2D eigenvalue weighted by Gasteiger charge is -2.38. The Morgan fingerprint density at radius 3 is 2.53 bits per heavy atom. The highest BCUT2D eigenvalue weighted by atomic mass is 35.5. The normalized spacial score (nSPS) is 18.4. The molecule has 1 atom stereocenters. The number of ether oxygens (including phenoxy) is 1. The third-order valence-corrected chi connectivity index (χ3v) is 6.48. The van der Waals surface area contributed by atoms with Crippen LogP contribution >= 0.6 is 11.6 Å². The molecular formula is C22H21ClN4O4S. The summed E-state index contributed by atoms with van der Waals surface area (Å²) in [5.74, 6) is 0.889. The van der Waals surface area contributed by atoms with E-state index in [1.54, 1.807) is 59.8 Å². The Balaban J connectivity index is 1.79. The summed E-state index contributed by atoms with van der Waals surface area (Å²) in [5, 5.41) is 3.41. The van der Waals surface area contributed by atoms with Crippen molar-refractivity contribution in [1.82, 2.24) is 15.3 Å². The molecule has 0 spiro atoms. The fourth-order valence-electron chi connectivity index (χ4n) is 3.78. The molecule has 1 aliphatic rings. The number of sulfone groups is 1. The van der Waals surface area contributed by atoms with Gasteiger partial charge >= 0.3 is 6.03 Å². The number of carbonyl (C=O) groups is 1. The molecule has 3 aromatic rings. The van der Waals surface area contributed by atoms with Crippen LogP contribution in [0.5, 0.6) is 11.5 Å². The smallest absolute Gasteiger partial charge is 0.322 e. The van der Waals surface area contributed by atoms with Gasteiger partial charge in [0.25, 0.3) is 0 Å². The number of hydrogen-bond acceptors (Lipinski definition) is 6. The second-order valence-corrected chi connectivity index (χ2v) is 10.3. The number of nitrogens with zero attached hydrogens (tertiary/aromatic N) is 3. The topological polar surface area (TPSA) is 101 Å². The van der Waals surface area contributed by atoms with Crippen LogP contribution in [-0.2, 0) is 15.4 Å². The van der Waals surface area contributed by atoms with Crippen molar-refractivity contribution < 1.29 is 17.9 Å². The van der Waals surface area contributed by atoms with Crippen LogP contribution in [0.15, 0.2) is 67.3 Å². The number of hydrogen-bond donors (Lipinski definition) is 1. The Kier molecular flexibility index (Phi) is 6.03. The molecule has 0 aliphatic carbocycles. The highest BCUT2D eigenvalue weighted by Crippen LogP contribution is 2.41. The molecular weight excluding hydrogens is 452 g/mol. The molecule has 1 aliphatic heterocycles. The van der Waals surface area contributed by atoms with Crippen LogP contribution in [0.4, 0.5) is 10.5 Å². The lowest BCUT2D eigenvalue weighted by atomic mass is 9.86. The van der Waals surface area contributed by atoms with E-state index in [9.17, 15) is 13.2 Å². The third-order valence-electron chi connectivity index (χ3n) is 5.28. The fraction of sp³-hybridized carbons (Fsp3) is 0.227. The molecule has 2 amide bonds. The number of carbonyl (C=O) groups excluding carboxylic acids is 1. The summed E-state index contributed by atoms with van der Waals surface area (Å²) in [6, 6.07) is 13.8. The number of amides is 2. The second kappa shape index (κ2) is 8.76. The van der Waals surface area contributed by atoms with Crippen LogP contribution in [0.1, 0.15) is 12.0 Å². The molecule has 1 aromatic heterocycles. The lowest BCUT2D eigenvalue weighted by Crippen LogP contribution is -2.46. The minimum Gasteiger partial charge on any atom is -0.454 e. The van der Waals surface area contributed by atoms with Gasteiger partial charge in [0.2, 0.25) is 0 Å². The molecule has 1 fully saturated rings. The predicted molar refractivity (Wildman–Crippen MR) is 122 cm³/mol. The van der Waals surface area contributed by atoms with Gasteiger partial charge in [0.05, 0.1) is 23.7 Å². The van der Waals surface area contributed by atoms with Crippen molar-refractivity contribution >= 4 is 33.2 Å². The van der Waals surface area contributed by atoms with Crippen LogP contribution < -0.4 is 15.0 Å². The van der Waals surface area contributed by atoms with Crippen LogP contribution in [0, 0.1) is 0 Å². The molecule has 2 aromatic carbocycles. The maximum absolute atomic E-state index is 12.9. The van der Waals surface area contributed by atoms with Crippen molar-refractivity contribution in [2.45, 2.75) is 12.0 Å². The molecule has 0 saturated carbocycles. The number of aromatic nitrogens is 2. The number of anilines is 1. The molecule has 2 heterocycles. The highest BCUT2D eigenvalue weighted by molar-refractivity contribution is 7.90. The van der Waals surface area contributed by atoms with E-state index >= 15 is 0 Å². The number of rotatable bonds is 7. The van der Waals surface area contributed by atoms with E-state index in [1.807, 2.05) is 6.07 Å². The van der Waals surface area contributed by atoms with Crippen molar-refractivity contribution in [2.24, 2.45) is 0 Å².